The van der Waals surface area contributed by atoms with E-state index < -0.39 is 23.0 Å². The fourth-order valence-corrected chi connectivity index (χ4v) is 2.05. The van der Waals surface area contributed by atoms with Gasteiger partial charge in [-0.15, -0.1) is 0 Å². The summed E-state index contributed by atoms with van der Waals surface area (Å²) in [7, 11) is 1.29. The van der Waals surface area contributed by atoms with Crippen LogP contribution in [0.1, 0.15) is 19.4 Å². The Morgan fingerprint density at radius 2 is 2.11 bits per heavy atom. The van der Waals surface area contributed by atoms with Crippen molar-refractivity contribution in [2.75, 3.05) is 7.11 Å². The third kappa shape index (κ3) is 2.75. The van der Waals surface area contributed by atoms with Gasteiger partial charge in [0.15, 0.2) is 17.3 Å². The number of phenols is 1. The third-order valence-corrected chi connectivity index (χ3v) is 3.37. The van der Waals surface area contributed by atoms with Crippen molar-refractivity contribution in [1.29, 1.82) is 0 Å². The summed E-state index contributed by atoms with van der Waals surface area (Å²) in [5.41, 5.74) is -0.635. The van der Waals surface area contributed by atoms with Crippen LogP contribution in [0, 0.1) is 11.2 Å². The van der Waals surface area contributed by atoms with Crippen LogP contribution in [0.15, 0.2) is 10.5 Å². The van der Waals surface area contributed by atoms with Gasteiger partial charge in [-0.2, -0.15) is 0 Å². The number of carboxylic acids is 1. The highest BCUT2D eigenvalue weighted by molar-refractivity contribution is 9.10. The Kier molecular flexibility index (Phi) is 4.21. The Labute approximate surface area is 113 Å². The summed E-state index contributed by atoms with van der Waals surface area (Å²) in [6, 6.07) is 1.09. The highest BCUT2D eigenvalue weighted by Gasteiger charge is 2.31. The molecular weight excluding hydrogens is 307 g/mol. The number of benzene rings is 1. The monoisotopic (exact) mass is 320 g/mol. The summed E-state index contributed by atoms with van der Waals surface area (Å²) in [4.78, 5) is 11.1. The van der Waals surface area contributed by atoms with Crippen LogP contribution in [0.5, 0.6) is 11.5 Å². The van der Waals surface area contributed by atoms with Gasteiger partial charge in [0.05, 0.1) is 12.5 Å². The summed E-state index contributed by atoms with van der Waals surface area (Å²) in [6.07, 6.45) is 0.0972. The van der Waals surface area contributed by atoms with E-state index in [0.29, 0.717) is 10.0 Å². The molecule has 1 rings (SSSR count). The Morgan fingerprint density at radius 1 is 1.56 bits per heavy atom. The summed E-state index contributed by atoms with van der Waals surface area (Å²) in [5.74, 6) is -2.47. The molecule has 0 bridgehead atoms. The summed E-state index contributed by atoms with van der Waals surface area (Å²) < 4.78 is 18.6. The smallest absolute Gasteiger partial charge is 0.309 e. The standard InChI is InChI=1S/C12H14BrFO4/c1-12(2,11(16)17)5-6-7(13)4-8(14)9(15)10(6)18-3/h4,15H,5H2,1-3H3,(H,16,17). The number of aliphatic carboxylic acids is 1. The molecule has 0 aliphatic heterocycles. The fourth-order valence-electron chi connectivity index (χ4n) is 1.53. The van der Waals surface area contributed by atoms with E-state index in [2.05, 4.69) is 15.9 Å². The molecule has 0 radical (unpaired) electrons. The normalized spacial score (nSPS) is 11.4. The highest BCUT2D eigenvalue weighted by atomic mass is 79.9. The van der Waals surface area contributed by atoms with Crippen LogP contribution < -0.4 is 4.74 Å². The lowest BCUT2D eigenvalue weighted by molar-refractivity contribution is -0.146. The molecule has 1 aromatic carbocycles. The quantitative estimate of drug-likeness (QED) is 0.895. The number of phenolic OH excluding ortho intramolecular Hbond substituents is 1. The van der Waals surface area contributed by atoms with Gasteiger partial charge in [-0.25, -0.2) is 4.39 Å². The molecule has 0 saturated heterocycles. The van der Waals surface area contributed by atoms with E-state index in [4.69, 9.17) is 9.84 Å². The molecule has 2 N–H and O–H groups in total. The molecule has 18 heavy (non-hydrogen) atoms. The lowest BCUT2D eigenvalue weighted by atomic mass is 9.85. The zero-order chi connectivity index (χ0) is 14.1. The predicted molar refractivity (Wildman–Crippen MR) is 67.4 cm³/mol. The van der Waals surface area contributed by atoms with Crippen LogP contribution in [-0.2, 0) is 11.2 Å². The van der Waals surface area contributed by atoms with Crippen LogP contribution in [0.25, 0.3) is 0 Å². The molecule has 0 atom stereocenters. The van der Waals surface area contributed by atoms with Crippen LogP contribution in [0.2, 0.25) is 0 Å². The number of methoxy groups -OCH3 is 1. The number of ether oxygens (including phenoxy) is 1. The number of aromatic hydroxyl groups is 1. The zero-order valence-electron chi connectivity index (χ0n) is 10.3. The van der Waals surface area contributed by atoms with Gasteiger partial charge in [0.25, 0.3) is 0 Å². The molecule has 100 valence electrons. The van der Waals surface area contributed by atoms with Crippen molar-refractivity contribution in [2.24, 2.45) is 5.41 Å². The van der Waals surface area contributed by atoms with E-state index >= 15 is 0 Å². The maximum Gasteiger partial charge on any atom is 0.309 e. The molecule has 0 amide bonds. The minimum atomic E-state index is -1.06. The van der Waals surface area contributed by atoms with E-state index in [-0.39, 0.29) is 12.2 Å². The summed E-state index contributed by atoms with van der Waals surface area (Å²) in [5, 5.41) is 18.7. The van der Waals surface area contributed by atoms with Crippen LogP contribution in [0.3, 0.4) is 0 Å². The number of hydrogen-bond acceptors (Lipinski definition) is 3. The number of hydrogen-bond donors (Lipinski definition) is 2. The number of carbonyl (C=O) groups is 1. The topological polar surface area (TPSA) is 66.8 Å². The van der Waals surface area contributed by atoms with Crippen molar-refractivity contribution in [3.63, 3.8) is 0 Å². The van der Waals surface area contributed by atoms with Crippen LogP contribution in [0.4, 0.5) is 4.39 Å². The van der Waals surface area contributed by atoms with Crippen molar-refractivity contribution in [3.05, 3.63) is 21.9 Å². The van der Waals surface area contributed by atoms with Gasteiger partial charge in [0, 0.05) is 10.0 Å². The second-order valence-electron chi connectivity index (χ2n) is 4.57. The Bertz CT molecular complexity index is 485. The molecule has 0 heterocycles. The van der Waals surface area contributed by atoms with E-state index in [0.717, 1.165) is 6.07 Å². The molecule has 4 nitrogen and oxygen atoms in total. The van der Waals surface area contributed by atoms with Gasteiger partial charge in [-0.1, -0.05) is 15.9 Å². The lowest BCUT2D eigenvalue weighted by Crippen LogP contribution is -2.26. The molecule has 0 saturated carbocycles. The molecular formula is C12H14BrFO4. The van der Waals surface area contributed by atoms with E-state index in [1.165, 1.54) is 7.11 Å². The van der Waals surface area contributed by atoms with Gasteiger partial charge in [-0.05, 0) is 26.3 Å². The molecule has 0 aromatic heterocycles. The van der Waals surface area contributed by atoms with Crippen LogP contribution >= 0.6 is 15.9 Å². The third-order valence-electron chi connectivity index (χ3n) is 2.66. The predicted octanol–water partition coefficient (Wildman–Crippen LogP) is 2.96. The minimum absolute atomic E-state index is 0.0452. The molecule has 0 spiro atoms. The van der Waals surface area contributed by atoms with Crippen LogP contribution in [-0.4, -0.2) is 23.3 Å². The number of halogens is 2. The van der Waals surface area contributed by atoms with Crippen molar-refractivity contribution in [2.45, 2.75) is 20.3 Å². The van der Waals surface area contributed by atoms with E-state index in [1.807, 2.05) is 0 Å². The molecule has 0 aliphatic rings. The zero-order valence-corrected chi connectivity index (χ0v) is 11.8. The molecule has 0 unspecified atom stereocenters. The molecule has 0 fully saturated rings. The maximum atomic E-state index is 13.3. The summed E-state index contributed by atoms with van der Waals surface area (Å²) in [6.45, 7) is 3.09. The van der Waals surface area contributed by atoms with Gasteiger partial charge < -0.3 is 14.9 Å². The number of rotatable bonds is 4. The average molecular weight is 321 g/mol. The van der Waals surface area contributed by atoms with Gasteiger partial charge >= 0.3 is 5.97 Å². The Hall–Kier alpha value is -1.30. The lowest BCUT2D eigenvalue weighted by Gasteiger charge is -2.22. The first-order valence-electron chi connectivity index (χ1n) is 5.18. The highest BCUT2D eigenvalue weighted by Crippen LogP contribution is 2.40. The second-order valence-corrected chi connectivity index (χ2v) is 5.42. The Morgan fingerprint density at radius 3 is 2.56 bits per heavy atom. The average Bonchev–Trinajstić information content (AvgIpc) is 2.26. The molecule has 1 aromatic rings. The van der Waals surface area contributed by atoms with Gasteiger partial charge in [0.1, 0.15) is 0 Å². The largest absolute Gasteiger partial charge is 0.502 e. The molecule has 0 aliphatic carbocycles. The SMILES string of the molecule is COc1c(O)c(F)cc(Br)c1CC(C)(C)C(=O)O. The number of carboxylic acid groups (broad SMARTS) is 1. The van der Waals surface area contributed by atoms with Gasteiger partial charge in [-0.3, -0.25) is 4.79 Å². The fraction of sp³-hybridized carbons (Fsp3) is 0.417. The second kappa shape index (κ2) is 5.14. The first-order chi connectivity index (χ1) is 8.20. The van der Waals surface area contributed by atoms with E-state index in [9.17, 15) is 14.3 Å². The van der Waals surface area contributed by atoms with E-state index in [1.54, 1.807) is 13.8 Å². The summed E-state index contributed by atoms with van der Waals surface area (Å²) >= 11 is 3.15. The maximum absolute atomic E-state index is 13.3. The first-order valence-corrected chi connectivity index (χ1v) is 5.97. The van der Waals surface area contributed by atoms with Crippen molar-refractivity contribution >= 4 is 21.9 Å². The minimum Gasteiger partial charge on any atom is -0.502 e. The van der Waals surface area contributed by atoms with Crippen molar-refractivity contribution < 1.29 is 24.1 Å². The van der Waals surface area contributed by atoms with Gasteiger partial charge in [0.2, 0.25) is 0 Å². The molecule has 6 heteroatoms. The first kappa shape index (κ1) is 14.8. The van der Waals surface area contributed by atoms with Crippen molar-refractivity contribution in [1.82, 2.24) is 0 Å². The van der Waals surface area contributed by atoms with Crippen molar-refractivity contribution in [3.8, 4) is 11.5 Å². The Balaban J connectivity index is 3.33.